The molecule has 5 heteroatoms. The Kier molecular flexibility index (Phi) is 8.20. The second kappa shape index (κ2) is 13.4. The minimum atomic E-state index is -0.0436. The van der Waals surface area contributed by atoms with Crippen molar-refractivity contribution in [2.24, 2.45) is 0 Å². The summed E-state index contributed by atoms with van der Waals surface area (Å²) in [5, 5.41) is 4.61. The van der Waals surface area contributed by atoms with Gasteiger partial charge in [0.1, 0.15) is 11.2 Å². The highest BCUT2D eigenvalue weighted by molar-refractivity contribution is 6.10. The number of rotatable bonds is 5. The standard InChI is InChI=1S/C53H44N4O/c1-52(2,3)37-23-25-39-40-26-24-38(53(4,5)6)32-46(40)57(45(39)31-37)44-27-21-35(36-22-28-48-42(29-36)41-19-13-14-20-47(41)58-48)30-43(44)51-55-49(33-15-9-7-10-16-33)54-50(56-51)34-17-11-8-12-18-34/h7-32H,1-6H3. The summed E-state index contributed by atoms with van der Waals surface area (Å²) >= 11 is 0. The van der Waals surface area contributed by atoms with Crippen LogP contribution >= 0.6 is 0 Å². The fourth-order valence-corrected chi connectivity index (χ4v) is 8.14. The highest BCUT2D eigenvalue weighted by Crippen LogP contribution is 2.42. The molecule has 3 aromatic heterocycles. The number of hydrogen-bond acceptors (Lipinski definition) is 4. The van der Waals surface area contributed by atoms with Gasteiger partial charge in [0, 0.05) is 38.2 Å². The molecule has 7 aromatic carbocycles. The number of para-hydroxylation sites is 1. The minimum Gasteiger partial charge on any atom is -0.456 e. The van der Waals surface area contributed by atoms with Gasteiger partial charge < -0.3 is 8.98 Å². The quantitative estimate of drug-likeness (QED) is 0.176. The van der Waals surface area contributed by atoms with Crippen LogP contribution in [0.25, 0.3) is 94.7 Å². The number of benzene rings is 7. The first-order chi connectivity index (χ1) is 28.0. The van der Waals surface area contributed by atoms with Gasteiger partial charge >= 0.3 is 0 Å². The molecule has 0 aliphatic carbocycles. The summed E-state index contributed by atoms with van der Waals surface area (Å²) in [5.74, 6) is 1.85. The number of nitrogens with zero attached hydrogens (tertiary/aromatic N) is 4. The van der Waals surface area contributed by atoms with E-state index in [2.05, 4.69) is 155 Å². The van der Waals surface area contributed by atoms with E-state index in [9.17, 15) is 0 Å². The highest BCUT2D eigenvalue weighted by Gasteiger charge is 2.24. The van der Waals surface area contributed by atoms with E-state index < -0.39 is 0 Å². The van der Waals surface area contributed by atoms with E-state index >= 15 is 0 Å². The molecule has 0 saturated carbocycles. The molecule has 0 radical (unpaired) electrons. The number of aromatic nitrogens is 4. The van der Waals surface area contributed by atoms with E-state index in [1.165, 1.54) is 21.9 Å². The van der Waals surface area contributed by atoms with Gasteiger partial charge in [-0.25, -0.2) is 15.0 Å². The van der Waals surface area contributed by atoms with Crippen molar-refractivity contribution in [3.05, 3.63) is 169 Å². The van der Waals surface area contributed by atoms with Crippen LogP contribution in [0.4, 0.5) is 0 Å². The van der Waals surface area contributed by atoms with Crippen molar-refractivity contribution in [3.8, 4) is 51.0 Å². The largest absolute Gasteiger partial charge is 0.456 e. The Morgan fingerprint density at radius 2 is 0.897 bits per heavy atom. The average molecular weight is 753 g/mol. The normalized spacial score (nSPS) is 12.3. The zero-order valence-corrected chi connectivity index (χ0v) is 33.7. The fourth-order valence-electron chi connectivity index (χ4n) is 8.14. The van der Waals surface area contributed by atoms with Gasteiger partial charge in [0.05, 0.1) is 16.7 Å². The summed E-state index contributed by atoms with van der Waals surface area (Å²) in [6.45, 7) is 13.7. The molecule has 0 unspecified atom stereocenters. The molecule has 10 rings (SSSR count). The van der Waals surface area contributed by atoms with Gasteiger partial charge in [-0.15, -0.1) is 0 Å². The molecule has 0 aliphatic heterocycles. The molecule has 0 atom stereocenters. The van der Waals surface area contributed by atoms with Crippen molar-refractivity contribution in [1.82, 2.24) is 19.5 Å². The molecule has 0 saturated heterocycles. The van der Waals surface area contributed by atoms with Crippen LogP contribution in [0, 0.1) is 0 Å². The van der Waals surface area contributed by atoms with Crippen LogP contribution in [0.1, 0.15) is 52.7 Å². The predicted molar refractivity (Wildman–Crippen MR) is 241 cm³/mol. The molecule has 0 aliphatic rings. The Hall–Kier alpha value is -6.85. The molecule has 0 fully saturated rings. The average Bonchev–Trinajstić information content (AvgIpc) is 3.78. The van der Waals surface area contributed by atoms with E-state index in [0.717, 1.165) is 66.5 Å². The summed E-state index contributed by atoms with van der Waals surface area (Å²) in [7, 11) is 0. The molecule has 10 aromatic rings. The van der Waals surface area contributed by atoms with Gasteiger partial charge in [-0.1, -0.05) is 157 Å². The molecule has 58 heavy (non-hydrogen) atoms. The van der Waals surface area contributed by atoms with Gasteiger partial charge in [0.25, 0.3) is 0 Å². The van der Waals surface area contributed by atoms with Crippen LogP contribution in [0.2, 0.25) is 0 Å². The van der Waals surface area contributed by atoms with Crippen LogP contribution in [0.5, 0.6) is 0 Å². The molecule has 0 bridgehead atoms. The van der Waals surface area contributed by atoms with Crippen LogP contribution in [0.15, 0.2) is 162 Å². The summed E-state index contributed by atoms with van der Waals surface area (Å²) in [6.07, 6.45) is 0. The van der Waals surface area contributed by atoms with Gasteiger partial charge in [0.15, 0.2) is 17.5 Å². The molecule has 0 N–H and O–H groups in total. The number of furan rings is 1. The monoisotopic (exact) mass is 752 g/mol. The first kappa shape index (κ1) is 35.6. The lowest BCUT2D eigenvalue weighted by Crippen LogP contribution is -2.11. The lowest BCUT2D eigenvalue weighted by Gasteiger charge is -2.21. The SMILES string of the molecule is CC(C)(C)c1ccc2c3ccc(C(C)(C)C)cc3n(-c3ccc(-c4ccc5oc6ccccc6c5c4)cc3-c3nc(-c4ccccc4)nc(-c4ccccc4)n3)c2c1. The van der Waals surface area contributed by atoms with Crippen molar-refractivity contribution in [2.75, 3.05) is 0 Å². The Morgan fingerprint density at radius 1 is 0.397 bits per heavy atom. The number of hydrogen-bond donors (Lipinski definition) is 0. The molecule has 282 valence electrons. The van der Waals surface area contributed by atoms with Crippen molar-refractivity contribution in [2.45, 2.75) is 52.4 Å². The summed E-state index contributed by atoms with van der Waals surface area (Å²) in [5.41, 5.74) is 12.4. The van der Waals surface area contributed by atoms with Crippen LogP contribution in [-0.4, -0.2) is 19.5 Å². The molecule has 3 heterocycles. The second-order valence-corrected chi connectivity index (χ2v) is 17.4. The predicted octanol–water partition coefficient (Wildman–Crippen LogP) is 14.1. The maximum Gasteiger partial charge on any atom is 0.166 e. The van der Waals surface area contributed by atoms with E-state index in [1.807, 2.05) is 48.5 Å². The number of fused-ring (bicyclic) bond motifs is 6. The van der Waals surface area contributed by atoms with Gasteiger partial charge in [0.2, 0.25) is 0 Å². The molecular formula is C53H44N4O. The highest BCUT2D eigenvalue weighted by atomic mass is 16.3. The van der Waals surface area contributed by atoms with Crippen molar-refractivity contribution >= 4 is 43.7 Å². The summed E-state index contributed by atoms with van der Waals surface area (Å²) in [6, 6.07) is 55.8. The maximum atomic E-state index is 6.23. The van der Waals surface area contributed by atoms with Gasteiger partial charge in [-0.3, -0.25) is 0 Å². The van der Waals surface area contributed by atoms with E-state index in [1.54, 1.807) is 0 Å². The topological polar surface area (TPSA) is 56.7 Å². The molecule has 5 nitrogen and oxygen atoms in total. The van der Waals surface area contributed by atoms with Crippen molar-refractivity contribution < 1.29 is 4.42 Å². The maximum absolute atomic E-state index is 6.23. The minimum absolute atomic E-state index is 0.0436. The van der Waals surface area contributed by atoms with E-state index in [4.69, 9.17) is 19.4 Å². The fraction of sp³-hybridized carbons (Fsp3) is 0.151. The van der Waals surface area contributed by atoms with Crippen LogP contribution in [0.3, 0.4) is 0 Å². The van der Waals surface area contributed by atoms with E-state index in [-0.39, 0.29) is 10.8 Å². The Morgan fingerprint density at radius 3 is 1.48 bits per heavy atom. The first-order valence-corrected chi connectivity index (χ1v) is 20.0. The Balaban J connectivity index is 1.31. The Bertz CT molecular complexity index is 3050. The van der Waals surface area contributed by atoms with Crippen LogP contribution < -0.4 is 0 Å². The third kappa shape index (κ3) is 6.15. The summed E-state index contributed by atoms with van der Waals surface area (Å²) < 4.78 is 8.67. The molecular weight excluding hydrogens is 709 g/mol. The van der Waals surface area contributed by atoms with Gasteiger partial charge in [-0.2, -0.15) is 0 Å². The zero-order valence-electron chi connectivity index (χ0n) is 33.7. The zero-order chi connectivity index (χ0) is 39.8. The first-order valence-electron chi connectivity index (χ1n) is 20.0. The third-order valence-electron chi connectivity index (χ3n) is 11.4. The van der Waals surface area contributed by atoms with E-state index in [0.29, 0.717) is 17.5 Å². The van der Waals surface area contributed by atoms with Crippen molar-refractivity contribution in [1.29, 1.82) is 0 Å². The summed E-state index contributed by atoms with van der Waals surface area (Å²) in [4.78, 5) is 15.7. The lowest BCUT2D eigenvalue weighted by atomic mass is 9.86. The second-order valence-electron chi connectivity index (χ2n) is 17.4. The van der Waals surface area contributed by atoms with Gasteiger partial charge in [-0.05, 0) is 75.5 Å². The molecule has 0 amide bonds. The lowest BCUT2D eigenvalue weighted by molar-refractivity contribution is 0.591. The smallest absolute Gasteiger partial charge is 0.166 e. The van der Waals surface area contributed by atoms with Crippen molar-refractivity contribution in [3.63, 3.8) is 0 Å². The third-order valence-corrected chi connectivity index (χ3v) is 11.4. The molecule has 0 spiro atoms. The Labute approximate surface area is 338 Å². The van der Waals surface area contributed by atoms with Crippen LogP contribution in [-0.2, 0) is 10.8 Å².